The first-order chi connectivity index (χ1) is 11.1. The Morgan fingerprint density at radius 3 is 2.74 bits per heavy atom. The predicted octanol–water partition coefficient (Wildman–Crippen LogP) is 2.89. The molecule has 5 nitrogen and oxygen atoms in total. The molecular weight excluding hydrogens is 314 g/mol. The van der Waals surface area contributed by atoms with Gasteiger partial charge in [-0.2, -0.15) is 0 Å². The Morgan fingerprint density at radius 2 is 2.09 bits per heavy atom. The zero-order chi connectivity index (χ0) is 16.7. The first kappa shape index (κ1) is 17.2. The van der Waals surface area contributed by atoms with Crippen molar-refractivity contribution in [2.75, 3.05) is 6.61 Å². The number of aliphatic hydroxyl groups is 1. The van der Waals surface area contributed by atoms with Crippen LogP contribution in [0.1, 0.15) is 30.6 Å². The topological polar surface area (TPSA) is 74.2 Å². The third-order valence-corrected chi connectivity index (χ3v) is 3.62. The lowest BCUT2D eigenvalue weighted by molar-refractivity contribution is 0.229. The van der Waals surface area contributed by atoms with Gasteiger partial charge >= 0.3 is 6.03 Å². The second kappa shape index (κ2) is 8.50. The Kier molecular flexibility index (Phi) is 6.38. The number of benzene rings is 1. The van der Waals surface area contributed by atoms with Gasteiger partial charge < -0.3 is 15.7 Å². The number of hydrogen-bond donors (Lipinski definition) is 3. The average Bonchev–Trinajstić information content (AvgIpc) is 2.53. The molecule has 6 heteroatoms. The molecule has 1 aromatic carbocycles. The number of aliphatic hydroxyl groups excluding tert-OH is 1. The molecule has 0 spiro atoms. The SMILES string of the molecule is C[C@H](CCO)NC(=O)NC(c1cccc(Cl)c1)c1ccccn1. The van der Waals surface area contributed by atoms with Crippen LogP contribution in [0.5, 0.6) is 0 Å². The summed E-state index contributed by atoms with van der Waals surface area (Å²) in [5, 5.41) is 15.2. The molecule has 0 saturated carbocycles. The Morgan fingerprint density at radius 1 is 1.26 bits per heavy atom. The molecule has 0 aliphatic carbocycles. The van der Waals surface area contributed by atoms with Crippen LogP contribution in [0.15, 0.2) is 48.7 Å². The second-order valence-corrected chi connectivity index (χ2v) is 5.71. The zero-order valence-corrected chi connectivity index (χ0v) is 13.6. The number of aromatic nitrogens is 1. The highest BCUT2D eigenvalue weighted by Gasteiger charge is 2.19. The van der Waals surface area contributed by atoms with E-state index in [1.165, 1.54) is 0 Å². The molecule has 3 N–H and O–H groups in total. The summed E-state index contributed by atoms with van der Waals surface area (Å²) >= 11 is 6.06. The highest BCUT2D eigenvalue weighted by atomic mass is 35.5. The first-order valence-electron chi connectivity index (χ1n) is 7.44. The van der Waals surface area contributed by atoms with Gasteiger partial charge in [-0.3, -0.25) is 4.98 Å². The van der Waals surface area contributed by atoms with E-state index in [0.717, 1.165) is 11.3 Å². The van der Waals surface area contributed by atoms with Crippen LogP contribution in [0.25, 0.3) is 0 Å². The van der Waals surface area contributed by atoms with E-state index in [1.807, 2.05) is 37.3 Å². The van der Waals surface area contributed by atoms with Crippen LogP contribution in [0, 0.1) is 0 Å². The molecule has 0 radical (unpaired) electrons. The number of carbonyl (C=O) groups excluding carboxylic acids is 1. The quantitative estimate of drug-likeness (QED) is 0.761. The molecule has 1 aromatic heterocycles. The van der Waals surface area contributed by atoms with Crippen molar-refractivity contribution in [2.45, 2.75) is 25.4 Å². The highest BCUT2D eigenvalue weighted by Crippen LogP contribution is 2.23. The van der Waals surface area contributed by atoms with Crippen LogP contribution in [0.2, 0.25) is 5.02 Å². The minimum Gasteiger partial charge on any atom is -0.396 e. The fourth-order valence-electron chi connectivity index (χ4n) is 2.22. The first-order valence-corrected chi connectivity index (χ1v) is 7.82. The van der Waals surface area contributed by atoms with Crippen molar-refractivity contribution in [1.82, 2.24) is 15.6 Å². The van der Waals surface area contributed by atoms with Gasteiger partial charge in [0.05, 0.1) is 11.7 Å². The Bertz CT molecular complexity index is 637. The van der Waals surface area contributed by atoms with Crippen molar-refractivity contribution in [3.8, 4) is 0 Å². The number of halogens is 1. The van der Waals surface area contributed by atoms with Gasteiger partial charge in [0.1, 0.15) is 0 Å². The molecule has 2 rings (SSSR count). The van der Waals surface area contributed by atoms with E-state index in [0.29, 0.717) is 11.4 Å². The minimum absolute atomic E-state index is 0.0272. The molecule has 122 valence electrons. The van der Waals surface area contributed by atoms with E-state index < -0.39 is 6.04 Å². The standard InChI is InChI=1S/C17H20ClN3O2/c1-12(8-10-22)20-17(23)21-16(15-7-2-3-9-19-15)13-5-4-6-14(18)11-13/h2-7,9,11-12,16,22H,8,10H2,1H3,(H2,20,21,23)/t12-,16?/m1/s1. The van der Waals surface area contributed by atoms with Crippen molar-refractivity contribution in [1.29, 1.82) is 0 Å². The smallest absolute Gasteiger partial charge is 0.315 e. The van der Waals surface area contributed by atoms with Gasteiger partial charge in [0, 0.05) is 23.9 Å². The lowest BCUT2D eigenvalue weighted by Crippen LogP contribution is -2.43. The van der Waals surface area contributed by atoms with E-state index in [1.54, 1.807) is 18.3 Å². The fraction of sp³-hybridized carbons (Fsp3) is 0.294. The van der Waals surface area contributed by atoms with Gasteiger partial charge in [-0.1, -0.05) is 29.8 Å². The van der Waals surface area contributed by atoms with E-state index in [9.17, 15) is 4.79 Å². The number of nitrogens with zero attached hydrogens (tertiary/aromatic N) is 1. The molecule has 0 bridgehead atoms. The third-order valence-electron chi connectivity index (χ3n) is 3.38. The number of amides is 2. The summed E-state index contributed by atoms with van der Waals surface area (Å²) in [6.07, 6.45) is 2.18. The van der Waals surface area contributed by atoms with Crippen LogP contribution >= 0.6 is 11.6 Å². The van der Waals surface area contributed by atoms with Crippen molar-refractivity contribution < 1.29 is 9.90 Å². The van der Waals surface area contributed by atoms with Gasteiger partial charge in [-0.25, -0.2) is 4.79 Å². The van der Waals surface area contributed by atoms with Crippen molar-refractivity contribution in [2.24, 2.45) is 0 Å². The maximum Gasteiger partial charge on any atom is 0.315 e. The minimum atomic E-state index is -0.406. The third kappa shape index (κ3) is 5.23. The molecule has 0 fully saturated rings. The van der Waals surface area contributed by atoms with Crippen LogP contribution in [-0.2, 0) is 0 Å². The van der Waals surface area contributed by atoms with Crippen molar-refractivity contribution in [3.63, 3.8) is 0 Å². The molecule has 1 unspecified atom stereocenters. The number of nitrogens with one attached hydrogen (secondary N) is 2. The van der Waals surface area contributed by atoms with Gasteiger partial charge in [0.2, 0.25) is 0 Å². The molecule has 0 aliphatic rings. The molecule has 1 heterocycles. The molecule has 2 atom stereocenters. The maximum absolute atomic E-state index is 12.2. The number of urea groups is 1. The molecule has 2 aromatic rings. The Balaban J connectivity index is 2.19. The van der Waals surface area contributed by atoms with E-state index in [-0.39, 0.29) is 18.7 Å². The predicted molar refractivity (Wildman–Crippen MR) is 90.4 cm³/mol. The molecule has 0 saturated heterocycles. The summed E-state index contributed by atoms with van der Waals surface area (Å²) in [7, 11) is 0. The van der Waals surface area contributed by atoms with Crippen LogP contribution in [0.3, 0.4) is 0 Å². The van der Waals surface area contributed by atoms with E-state index in [2.05, 4.69) is 15.6 Å². The van der Waals surface area contributed by atoms with Gasteiger partial charge in [0.25, 0.3) is 0 Å². The molecule has 0 aliphatic heterocycles. The molecular formula is C17H20ClN3O2. The van der Waals surface area contributed by atoms with Crippen LogP contribution in [-0.4, -0.2) is 28.8 Å². The molecule has 2 amide bonds. The van der Waals surface area contributed by atoms with Crippen molar-refractivity contribution in [3.05, 3.63) is 64.9 Å². The monoisotopic (exact) mass is 333 g/mol. The van der Waals surface area contributed by atoms with Gasteiger partial charge in [-0.15, -0.1) is 0 Å². The lowest BCUT2D eigenvalue weighted by Gasteiger charge is -2.21. The lowest BCUT2D eigenvalue weighted by atomic mass is 10.0. The maximum atomic E-state index is 12.2. The summed E-state index contributed by atoms with van der Waals surface area (Å²) in [6, 6.07) is 12.0. The largest absolute Gasteiger partial charge is 0.396 e. The number of carbonyl (C=O) groups is 1. The van der Waals surface area contributed by atoms with Crippen LogP contribution < -0.4 is 10.6 Å². The summed E-state index contributed by atoms with van der Waals surface area (Å²) in [5.41, 5.74) is 1.57. The number of hydrogen-bond acceptors (Lipinski definition) is 3. The molecule has 23 heavy (non-hydrogen) atoms. The van der Waals surface area contributed by atoms with E-state index >= 15 is 0 Å². The van der Waals surface area contributed by atoms with Crippen molar-refractivity contribution >= 4 is 17.6 Å². The number of pyridine rings is 1. The summed E-state index contributed by atoms with van der Waals surface area (Å²) in [5.74, 6) is 0. The normalized spacial score (nSPS) is 13.2. The summed E-state index contributed by atoms with van der Waals surface area (Å²) < 4.78 is 0. The summed E-state index contributed by atoms with van der Waals surface area (Å²) in [4.78, 5) is 16.5. The van der Waals surface area contributed by atoms with E-state index in [4.69, 9.17) is 16.7 Å². The van der Waals surface area contributed by atoms with Crippen LogP contribution in [0.4, 0.5) is 4.79 Å². The Labute approximate surface area is 140 Å². The average molecular weight is 334 g/mol. The second-order valence-electron chi connectivity index (χ2n) is 5.27. The van der Waals surface area contributed by atoms with Gasteiger partial charge in [-0.05, 0) is 43.2 Å². The Hall–Kier alpha value is -2.11. The summed E-state index contributed by atoms with van der Waals surface area (Å²) in [6.45, 7) is 1.87. The number of rotatable bonds is 6. The zero-order valence-electron chi connectivity index (χ0n) is 12.9. The van der Waals surface area contributed by atoms with Gasteiger partial charge in [0.15, 0.2) is 0 Å². The fourth-order valence-corrected chi connectivity index (χ4v) is 2.42. The highest BCUT2D eigenvalue weighted by molar-refractivity contribution is 6.30.